The Morgan fingerprint density at radius 2 is 1.41 bits per heavy atom. The Bertz CT molecular complexity index is 904. The lowest BCUT2D eigenvalue weighted by molar-refractivity contribution is 0.457. The van der Waals surface area contributed by atoms with Crippen LogP contribution in [0.5, 0.6) is 5.75 Å². The van der Waals surface area contributed by atoms with Crippen LogP contribution in [0.1, 0.15) is 0 Å². The van der Waals surface area contributed by atoms with Gasteiger partial charge in [0, 0.05) is 12.3 Å². The van der Waals surface area contributed by atoms with Gasteiger partial charge >= 0.3 is 10.1 Å². The van der Waals surface area contributed by atoms with Crippen LogP contribution in [-0.4, -0.2) is 23.1 Å². The molecule has 0 saturated carbocycles. The third-order valence-electron chi connectivity index (χ3n) is 2.63. The SMILES string of the molecule is CS(=O)(=O)c1ccc(S(=O)(=O)Oc2ccc(F)cc2F)cc1. The van der Waals surface area contributed by atoms with Gasteiger partial charge in [0.1, 0.15) is 10.7 Å². The Morgan fingerprint density at radius 3 is 1.91 bits per heavy atom. The van der Waals surface area contributed by atoms with Crippen molar-refractivity contribution in [3.63, 3.8) is 0 Å². The molecule has 0 unspecified atom stereocenters. The van der Waals surface area contributed by atoms with E-state index in [9.17, 15) is 25.6 Å². The quantitative estimate of drug-likeness (QED) is 0.791. The van der Waals surface area contributed by atoms with Crippen LogP contribution in [0.4, 0.5) is 8.78 Å². The van der Waals surface area contributed by atoms with Gasteiger partial charge in [0.2, 0.25) is 0 Å². The van der Waals surface area contributed by atoms with Gasteiger partial charge in [0.05, 0.1) is 4.90 Å². The average molecular weight is 348 g/mol. The average Bonchev–Trinajstić information content (AvgIpc) is 2.41. The Morgan fingerprint density at radius 1 is 0.864 bits per heavy atom. The zero-order chi connectivity index (χ0) is 16.5. The van der Waals surface area contributed by atoms with Gasteiger partial charge in [-0.05, 0) is 36.4 Å². The second-order valence-electron chi connectivity index (χ2n) is 4.36. The maximum atomic E-state index is 13.4. The Kier molecular flexibility index (Phi) is 4.21. The summed E-state index contributed by atoms with van der Waals surface area (Å²) in [6.07, 6.45) is 0.973. The molecule has 0 aliphatic heterocycles. The Hall–Kier alpha value is -2.00. The summed E-state index contributed by atoms with van der Waals surface area (Å²) in [4.78, 5) is -0.428. The van der Waals surface area contributed by atoms with Crippen LogP contribution in [0.15, 0.2) is 52.3 Å². The second kappa shape index (κ2) is 5.65. The summed E-state index contributed by atoms with van der Waals surface area (Å²) < 4.78 is 77.3. The van der Waals surface area contributed by atoms with Crippen LogP contribution in [0.3, 0.4) is 0 Å². The van der Waals surface area contributed by atoms with Gasteiger partial charge in [-0.15, -0.1) is 0 Å². The summed E-state index contributed by atoms with van der Waals surface area (Å²) >= 11 is 0. The fraction of sp³-hybridized carbons (Fsp3) is 0.0769. The summed E-state index contributed by atoms with van der Waals surface area (Å²) in [6, 6.07) is 6.39. The highest BCUT2D eigenvalue weighted by atomic mass is 32.2. The molecule has 2 aromatic carbocycles. The van der Waals surface area contributed by atoms with E-state index < -0.39 is 37.3 Å². The molecule has 0 atom stereocenters. The third-order valence-corrected chi connectivity index (χ3v) is 5.01. The standard InChI is InChI=1S/C13H10F2O5S2/c1-21(16,17)10-3-5-11(6-4-10)22(18,19)20-13-7-2-9(14)8-12(13)15/h2-8H,1H3. The van der Waals surface area contributed by atoms with Crippen molar-refractivity contribution in [1.29, 1.82) is 0 Å². The molecule has 0 radical (unpaired) electrons. The molecule has 0 aromatic heterocycles. The van der Waals surface area contributed by atoms with Crippen molar-refractivity contribution in [2.45, 2.75) is 9.79 Å². The van der Waals surface area contributed by atoms with Crippen LogP contribution >= 0.6 is 0 Å². The maximum Gasteiger partial charge on any atom is 0.339 e. The number of halogens is 2. The first-order chi connectivity index (χ1) is 10.1. The van der Waals surface area contributed by atoms with Crippen molar-refractivity contribution in [2.75, 3.05) is 6.26 Å². The van der Waals surface area contributed by atoms with Crippen molar-refractivity contribution >= 4 is 20.0 Å². The first-order valence-electron chi connectivity index (χ1n) is 5.79. The van der Waals surface area contributed by atoms with Gasteiger partial charge in [-0.25, -0.2) is 17.2 Å². The minimum atomic E-state index is -4.37. The molecule has 0 N–H and O–H groups in total. The molecule has 9 heteroatoms. The summed E-state index contributed by atoms with van der Waals surface area (Å²) in [5.41, 5.74) is 0. The lowest BCUT2D eigenvalue weighted by Crippen LogP contribution is -2.11. The van der Waals surface area contributed by atoms with E-state index in [1.54, 1.807) is 0 Å². The summed E-state index contributed by atoms with van der Waals surface area (Å²) in [7, 11) is -7.84. The molecular weight excluding hydrogens is 338 g/mol. The fourth-order valence-corrected chi connectivity index (χ4v) is 3.13. The minimum absolute atomic E-state index is 0.0700. The molecule has 0 aliphatic rings. The van der Waals surface area contributed by atoms with E-state index in [-0.39, 0.29) is 9.79 Å². The van der Waals surface area contributed by atoms with Crippen molar-refractivity contribution in [3.8, 4) is 5.75 Å². The van der Waals surface area contributed by atoms with E-state index in [4.69, 9.17) is 0 Å². The van der Waals surface area contributed by atoms with E-state index in [0.29, 0.717) is 6.07 Å². The zero-order valence-corrected chi connectivity index (χ0v) is 12.8. The lowest BCUT2D eigenvalue weighted by atomic mass is 10.3. The highest BCUT2D eigenvalue weighted by Crippen LogP contribution is 2.23. The minimum Gasteiger partial charge on any atom is -0.376 e. The molecule has 118 valence electrons. The van der Waals surface area contributed by atoms with E-state index in [2.05, 4.69) is 4.18 Å². The van der Waals surface area contributed by atoms with Crippen molar-refractivity contribution in [3.05, 3.63) is 54.1 Å². The van der Waals surface area contributed by atoms with Crippen molar-refractivity contribution in [1.82, 2.24) is 0 Å². The fourth-order valence-electron chi connectivity index (χ4n) is 1.56. The van der Waals surface area contributed by atoms with E-state index in [0.717, 1.165) is 42.7 Å². The molecule has 5 nitrogen and oxygen atoms in total. The normalized spacial score (nSPS) is 12.1. The summed E-state index contributed by atoms with van der Waals surface area (Å²) in [5.74, 6) is -2.70. The lowest BCUT2D eigenvalue weighted by Gasteiger charge is -2.08. The Labute approximate surface area is 126 Å². The number of sulfone groups is 1. The van der Waals surface area contributed by atoms with Gasteiger partial charge in [-0.2, -0.15) is 8.42 Å². The third kappa shape index (κ3) is 3.60. The number of hydrogen-bond acceptors (Lipinski definition) is 5. The molecule has 0 fully saturated rings. The molecule has 0 saturated heterocycles. The predicted octanol–water partition coefficient (Wildman–Crippen LogP) is 2.14. The number of benzene rings is 2. The molecule has 0 bridgehead atoms. The summed E-state index contributed by atoms with van der Waals surface area (Å²) in [5, 5.41) is 0. The molecule has 0 aliphatic carbocycles. The monoisotopic (exact) mass is 348 g/mol. The van der Waals surface area contributed by atoms with Gasteiger partial charge in [-0.3, -0.25) is 0 Å². The predicted molar refractivity (Wildman–Crippen MR) is 73.7 cm³/mol. The molecule has 0 amide bonds. The van der Waals surface area contributed by atoms with Crippen LogP contribution in [0.25, 0.3) is 0 Å². The number of rotatable bonds is 4. The van der Waals surface area contributed by atoms with Gasteiger partial charge in [-0.1, -0.05) is 0 Å². The molecule has 2 aromatic rings. The summed E-state index contributed by atoms with van der Waals surface area (Å²) in [6.45, 7) is 0. The van der Waals surface area contributed by atoms with E-state index >= 15 is 0 Å². The van der Waals surface area contributed by atoms with Gasteiger partial charge in [0.15, 0.2) is 21.4 Å². The van der Waals surface area contributed by atoms with Crippen LogP contribution < -0.4 is 4.18 Å². The van der Waals surface area contributed by atoms with Crippen LogP contribution in [-0.2, 0) is 20.0 Å². The molecule has 0 heterocycles. The van der Waals surface area contributed by atoms with Gasteiger partial charge < -0.3 is 4.18 Å². The first kappa shape index (κ1) is 16.4. The molecule has 2 rings (SSSR count). The van der Waals surface area contributed by atoms with Crippen LogP contribution in [0, 0.1) is 11.6 Å². The van der Waals surface area contributed by atoms with Gasteiger partial charge in [0.25, 0.3) is 0 Å². The smallest absolute Gasteiger partial charge is 0.339 e. The largest absolute Gasteiger partial charge is 0.376 e. The topological polar surface area (TPSA) is 77.5 Å². The number of hydrogen-bond donors (Lipinski definition) is 0. The second-order valence-corrected chi connectivity index (χ2v) is 7.92. The zero-order valence-electron chi connectivity index (χ0n) is 11.2. The van der Waals surface area contributed by atoms with E-state index in [1.165, 1.54) is 0 Å². The Balaban J connectivity index is 2.34. The van der Waals surface area contributed by atoms with Crippen LogP contribution in [0.2, 0.25) is 0 Å². The molecule has 0 spiro atoms. The maximum absolute atomic E-state index is 13.4. The highest BCUT2D eigenvalue weighted by Gasteiger charge is 2.20. The van der Waals surface area contributed by atoms with Crippen molar-refractivity contribution < 1.29 is 29.8 Å². The highest BCUT2D eigenvalue weighted by molar-refractivity contribution is 7.90. The first-order valence-corrected chi connectivity index (χ1v) is 9.09. The van der Waals surface area contributed by atoms with E-state index in [1.807, 2.05) is 0 Å². The molecular formula is C13H10F2O5S2. The molecule has 22 heavy (non-hydrogen) atoms. The van der Waals surface area contributed by atoms with Crippen molar-refractivity contribution in [2.24, 2.45) is 0 Å².